The lowest BCUT2D eigenvalue weighted by Gasteiger charge is -2.44. The van der Waals surface area contributed by atoms with Crippen LogP contribution in [0.4, 0.5) is 0 Å². The smallest absolute Gasteiger partial charge is 0.0329 e. The fourth-order valence-electron chi connectivity index (χ4n) is 4.28. The van der Waals surface area contributed by atoms with Crippen molar-refractivity contribution in [2.45, 2.75) is 64.3 Å². The zero-order valence-electron chi connectivity index (χ0n) is 14.8. The van der Waals surface area contributed by atoms with Gasteiger partial charge in [-0.15, -0.1) is 0 Å². The molecule has 1 saturated carbocycles. The van der Waals surface area contributed by atoms with Gasteiger partial charge >= 0.3 is 0 Å². The van der Waals surface area contributed by atoms with E-state index in [0.29, 0.717) is 5.41 Å². The largest absolute Gasteiger partial charge is 0.329 e. The quantitative estimate of drug-likeness (QED) is 0.809. The topological polar surface area (TPSA) is 32.5 Å². The molecule has 1 aliphatic heterocycles. The summed E-state index contributed by atoms with van der Waals surface area (Å²) < 4.78 is 0. The molecule has 3 nitrogen and oxygen atoms in total. The Hall–Kier alpha value is -0.120. The van der Waals surface area contributed by atoms with Crippen molar-refractivity contribution in [3.63, 3.8) is 0 Å². The third-order valence-electron chi connectivity index (χ3n) is 6.32. The van der Waals surface area contributed by atoms with Gasteiger partial charge < -0.3 is 10.6 Å². The lowest BCUT2D eigenvalue weighted by atomic mass is 9.82. The van der Waals surface area contributed by atoms with Gasteiger partial charge in [0.25, 0.3) is 0 Å². The van der Waals surface area contributed by atoms with Gasteiger partial charge in [0, 0.05) is 18.6 Å². The van der Waals surface area contributed by atoms with E-state index in [1.54, 1.807) is 0 Å². The van der Waals surface area contributed by atoms with E-state index in [9.17, 15) is 0 Å². The standard InChI is InChI=1S/C18H37N3/c1-17(2)8-5-9-18(15-19,11-10-17)21(4)14-16-6-12-20(3)13-7-16/h16H,5-15,19H2,1-4H3. The zero-order valence-corrected chi connectivity index (χ0v) is 14.8. The van der Waals surface area contributed by atoms with Crippen molar-refractivity contribution in [3.05, 3.63) is 0 Å². The number of nitrogens with zero attached hydrogens (tertiary/aromatic N) is 2. The number of nitrogens with two attached hydrogens (primary N) is 1. The highest BCUT2D eigenvalue weighted by Gasteiger charge is 2.38. The van der Waals surface area contributed by atoms with Crippen LogP contribution in [0, 0.1) is 11.3 Å². The summed E-state index contributed by atoms with van der Waals surface area (Å²) >= 11 is 0. The average molecular weight is 296 g/mol. The van der Waals surface area contributed by atoms with Crippen molar-refractivity contribution in [1.82, 2.24) is 9.80 Å². The second-order valence-electron chi connectivity index (χ2n) is 8.57. The molecule has 0 amide bonds. The Kier molecular flexibility index (Phi) is 5.72. The third kappa shape index (κ3) is 4.43. The fraction of sp³-hybridized carbons (Fsp3) is 1.00. The summed E-state index contributed by atoms with van der Waals surface area (Å²) in [4.78, 5) is 5.10. The van der Waals surface area contributed by atoms with Crippen LogP contribution in [-0.4, -0.2) is 55.6 Å². The number of likely N-dealkylation sites (N-methyl/N-ethyl adjacent to an activating group) is 1. The first-order chi connectivity index (χ1) is 9.87. The van der Waals surface area contributed by atoms with Gasteiger partial charge in [-0.05, 0) is 77.0 Å². The maximum absolute atomic E-state index is 6.27. The summed E-state index contributed by atoms with van der Waals surface area (Å²) in [5, 5.41) is 0. The maximum atomic E-state index is 6.27. The molecule has 0 aromatic heterocycles. The Morgan fingerprint density at radius 2 is 1.76 bits per heavy atom. The van der Waals surface area contributed by atoms with Gasteiger partial charge in [-0.3, -0.25) is 4.90 Å². The maximum Gasteiger partial charge on any atom is 0.0329 e. The first-order valence-corrected chi connectivity index (χ1v) is 8.97. The van der Waals surface area contributed by atoms with E-state index in [1.165, 1.54) is 64.6 Å². The van der Waals surface area contributed by atoms with Gasteiger partial charge in [-0.2, -0.15) is 0 Å². The van der Waals surface area contributed by atoms with Crippen LogP contribution in [0.15, 0.2) is 0 Å². The fourth-order valence-corrected chi connectivity index (χ4v) is 4.28. The molecule has 2 N–H and O–H groups in total. The molecule has 1 atom stereocenters. The van der Waals surface area contributed by atoms with Crippen LogP contribution in [0.25, 0.3) is 0 Å². The lowest BCUT2D eigenvalue weighted by molar-refractivity contribution is 0.0705. The molecule has 2 fully saturated rings. The summed E-state index contributed by atoms with van der Waals surface area (Å²) in [6.45, 7) is 9.45. The molecule has 0 aromatic carbocycles. The number of hydrogen-bond donors (Lipinski definition) is 1. The van der Waals surface area contributed by atoms with Crippen molar-refractivity contribution in [3.8, 4) is 0 Å². The molecule has 0 bridgehead atoms. The highest BCUT2D eigenvalue weighted by atomic mass is 15.2. The minimum absolute atomic E-state index is 0.261. The van der Waals surface area contributed by atoms with E-state index < -0.39 is 0 Å². The minimum atomic E-state index is 0.261. The van der Waals surface area contributed by atoms with Gasteiger partial charge in [0.2, 0.25) is 0 Å². The van der Waals surface area contributed by atoms with E-state index in [2.05, 4.69) is 37.7 Å². The monoisotopic (exact) mass is 295 g/mol. The first kappa shape index (κ1) is 17.2. The van der Waals surface area contributed by atoms with E-state index >= 15 is 0 Å². The lowest BCUT2D eigenvalue weighted by Crippen LogP contribution is -2.53. The minimum Gasteiger partial charge on any atom is -0.329 e. The normalized spacial score (nSPS) is 32.3. The molecule has 0 radical (unpaired) electrons. The number of piperidine rings is 1. The molecule has 1 heterocycles. The molecule has 0 spiro atoms. The van der Waals surface area contributed by atoms with Crippen LogP contribution >= 0.6 is 0 Å². The van der Waals surface area contributed by atoms with Gasteiger partial charge in [0.05, 0.1) is 0 Å². The Morgan fingerprint density at radius 3 is 2.38 bits per heavy atom. The van der Waals surface area contributed by atoms with Gasteiger partial charge in [0.15, 0.2) is 0 Å². The van der Waals surface area contributed by atoms with Gasteiger partial charge in [0.1, 0.15) is 0 Å². The molecule has 1 aliphatic carbocycles. The Balaban J connectivity index is 1.95. The van der Waals surface area contributed by atoms with Crippen molar-refractivity contribution < 1.29 is 0 Å². The van der Waals surface area contributed by atoms with Crippen LogP contribution < -0.4 is 5.73 Å². The predicted molar refractivity (Wildman–Crippen MR) is 91.5 cm³/mol. The third-order valence-corrected chi connectivity index (χ3v) is 6.32. The second kappa shape index (κ2) is 6.97. The van der Waals surface area contributed by atoms with Crippen LogP contribution in [0.3, 0.4) is 0 Å². The van der Waals surface area contributed by atoms with E-state index in [1.807, 2.05) is 0 Å². The highest BCUT2D eigenvalue weighted by Crippen LogP contribution is 2.40. The summed E-state index contributed by atoms with van der Waals surface area (Å²) in [6.07, 6.45) is 9.29. The van der Waals surface area contributed by atoms with Crippen molar-refractivity contribution in [1.29, 1.82) is 0 Å². The molecule has 1 unspecified atom stereocenters. The van der Waals surface area contributed by atoms with Crippen LogP contribution in [0.5, 0.6) is 0 Å². The SMILES string of the molecule is CN1CCC(CN(C)C2(CN)CCCC(C)(C)CC2)CC1. The molecular weight excluding hydrogens is 258 g/mol. The van der Waals surface area contributed by atoms with E-state index in [0.717, 1.165) is 12.5 Å². The molecule has 3 heteroatoms. The number of hydrogen-bond acceptors (Lipinski definition) is 3. The Morgan fingerprint density at radius 1 is 1.10 bits per heavy atom. The van der Waals surface area contributed by atoms with Gasteiger partial charge in [-0.25, -0.2) is 0 Å². The molecule has 21 heavy (non-hydrogen) atoms. The van der Waals surface area contributed by atoms with Crippen molar-refractivity contribution in [2.24, 2.45) is 17.1 Å². The van der Waals surface area contributed by atoms with E-state index in [-0.39, 0.29) is 5.54 Å². The van der Waals surface area contributed by atoms with Crippen molar-refractivity contribution in [2.75, 3.05) is 40.3 Å². The molecule has 1 saturated heterocycles. The molecule has 124 valence electrons. The van der Waals surface area contributed by atoms with Crippen LogP contribution in [0.1, 0.15) is 58.8 Å². The van der Waals surface area contributed by atoms with Crippen LogP contribution in [0.2, 0.25) is 0 Å². The number of likely N-dealkylation sites (tertiary alicyclic amines) is 1. The van der Waals surface area contributed by atoms with Crippen molar-refractivity contribution >= 4 is 0 Å². The van der Waals surface area contributed by atoms with E-state index in [4.69, 9.17) is 5.73 Å². The second-order valence-corrected chi connectivity index (χ2v) is 8.57. The predicted octanol–water partition coefficient (Wildman–Crippen LogP) is 2.95. The molecule has 2 rings (SSSR count). The summed E-state index contributed by atoms with van der Waals surface area (Å²) in [5.74, 6) is 0.867. The number of rotatable bonds is 4. The Bertz CT molecular complexity index is 320. The zero-order chi connectivity index (χ0) is 15.5. The average Bonchev–Trinajstić information content (AvgIpc) is 2.60. The Labute approximate surface area is 132 Å². The molecule has 0 aromatic rings. The highest BCUT2D eigenvalue weighted by molar-refractivity contribution is 4.95. The summed E-state index contributed by atoms with van der Waals surface area (Å²) in [7, 11) is 4.58. The summed E-state index contributed by atoms with van der Waals surface area (Å²) in [6, 6.07) is 0. The molecule has 2 aliphatic rings. The van der Waals surface area contributed by atoms with Gasteiger partial charge in [-0.1, -0.05) is 20.3 Å². The van der Waals surface area contributed by atoms with Crippen LogP contribution in [-0.2, 0) is 0 Å². The molecular formula is C18H37N3. The summed E-state index contributed by atoms with van der Waals surface area (Å²) in [5.41, 5.74) is 7.04. The first-order valence-electron chi connectivity index (χ1n) is 8.97.